The fourth-order valence-electron chi connectivity index (χ4n) is 19.6. The number of benzene rings is 8. The second kappa shape index (κ2) is 28.5. The van der Waals surface area contributed by atoms with Crippen molar-refractivity contribution in [2.24, 2.45) is 34.1 Å². The van der Waals surface area contributed by atoms with Crippen LogP contribution in [0.1, 0.15) is 165 Å². The zero-order valence-electron chi connectivity index (χ0n) is 71.9. The van der Waals surface area contributed by atoms with Crippen molar-refractivity contribution in [3.05, 3.63) is 332 Å². The van der Waals surface area contributed by atoms with Crippen molar-refractivity contribution in [2.75, 3.05) is 0 Å². The van der Waals surface area contributed by atoms with Gasteiger partial charge in [-0.2, -0.15) is 9.13 Å². The molecule has 0 radical (unpaired) electrons. The maximum atomic E-state index is 4.94. The van der Waals surface area contributed by atoms with E-state index in [0.717, 1.165) is 29.2 Å². The zero-order valence-corrected chi connectivity index (χ0v) is 71.9. The summed E-state index contributed by atoms with van der Waals surface area (Å²) in [5, 5.41) is 7.72. The van der Waals surface area contributed by atoms with Gasteiger partial charge in [-0.15, -0.1) is 0 Å². The monoisotopic (exact) mass is 1520 g/mol. The SMILES string of the molecule is Cc1ccc2c(n1)C(C)(C)c1cc(-c3c4ccccc4cc[n+]3C)c(C)cc1-2.Cc1ccc2c(n1)C(C)(C)c1cc(-c3cc4ccccc4c[n+]3C)c(C)cc1-2.Cc1ccc2c(n1)C(C)(C)c1cc(-c3ccc4c(CC(C)C)cccc4[n+]3C)c(C)cc1-2.Cc1ccc2c(n1)C(C)(C)c1cc(-c3ccc4ccccc4[n+]3C)c(C)cc1-2. The minimum atomic E-state index is -0.0982. The van der Waals surface area contributed by atoms with Gasteiger partial charge < -0.3 is 0 Å². The van der Waals surface area contributed by atoms with E-state index in [2.05, 4.69) is 408 Å². The van der Waals surface area contributed by atoms with Crippen LogP contribution < -0.4 is 18.3 Å². The Hall–Kier alpha value is -12.0. The van der Waals surface area contributed by atoms with Crippen LogP contribution in [-0.4, -0.2) is 19.9 Å². The van der Waals surface area contributed by atoms with Gasteiger partial charge in [0.1, 0.15) is 28.2 Å². The van der Waals surface area contributed by atoms with Crippen molar-refractivity contribution in [1.82, 2.24) is 19.9 Å². The van der Waals surface area contributed by atoms with E-state index in [-0.39, 0.29) is 21.7 Å². The van der Waals surface area contributed by atoms with Crippen molar-refractivity contribution in [1.29, 1.82) is 0 Å². The lowest BCUT2D eigenvalue weighted by Gasteiger charge is -2.21. The Morgan fingerprint density at radius 1 is 0.293 bits per heavy atom. The molecule has 0 bridgehead atoms. The fourth-order valence-corrected chi connectivity index (χ4v) is 19.6. The van der Waals surface area contributed by atoms with Crippen molar-refractivity contribution >= 4 is 43.4 Å². The minimum Gasteiger partial charge on any atom is -0.257 e. The lowest BCUT2D eigenvalue weighted by atomic mass is 9.83. The average molecular weight is 1520 g/mol. The largest absolute Gasteiger partial charge is 0.257 e. The van der Waals surface area contributed by atoms with E-state index in [9.17, 15) is 0 Å². The van der Waals surface area contributed by atoms with E-state index < -0.39 is 0 Å². The molecule has 0 aliphatic heterocycles. The summed E-state index contributed by atoms with van der Waals surface area (Å²) in [5.74, 6) is 0.644. The first-order valence-corrected chi connectivity index (χ1v) is 41.4. The minimum absolute atomic E-state index is 0.0887. The Labute approximate surface area is 686 Å². The number of hydrogen-bond acceptors (Lipinski definition) is 4. The molecule has 116 heavy (non-hydrogen) atoms. The van der Waals surface area contributed by atoms with Gasteiger partial charge >= 0.3 is 0 Å². The molecule has 4 aliphatic carbocycles. The van der Waals surface area contributed by atoms with E-state index in [0.29, 0.717) is 5.92 Å². The summed E-state index contributed by atoms with van der Waals surface area (Å²) in [5.41, 5.74) is 44.1. The zero-order chi connectivity index (χ0) is 81.7. The predicted molar refractivity (Wildman–Crippen MR) is 480 cm³/mol. The van der Waals surface area contributed by atoms with Gasteiger partial charge in [0.25, 0.3) is 0 Å². The summed E-state index contributed by atoms with van der Waals surface area (Å²) in [7, 11) is 8.64. The summed E-state index contributed by atoms with van der Waals surface area (Å²) in [4.78, 5) is 19.7. The maximum absolute atomic E-state index is 4.94. The van der Waals surface area contributed by atoms with Gasteiger partial charge in [-0.05, 0) is 230 Å². The highest BCUT2D eigenvalue weighted by Gasteiger charge is 2.43. The Morgan fingerprint density at radius 3 is 1.14 bits per heavy atom. The molecule has 0 saturated carbocycles. The Bertz CT molecular complexity index is 6670. The van der Waals surface area contributed by atoms with Gasteiger partial charge in [-0.25, -0.2) is 9.13 Å². The Morgan fingerprint density at radius 2 is 0.672 bits per heavy atom. The van der Waals surface area contributed by atoms with Crippen LogP contribution in [0, 0.1) is 61.3 Å². The molecule has 8 aromatic heterocycles. The van der Waals surface area contributed by atoms with Crippen LogP contribution >= 0.6 is 0 Å². The molecule has 16 aromatic rings. The molecule has 8 nitrogen and oxygen atoms in total. The number of nitrogens with zero attached hydrogens (tertiary/aromatic N) is 8. The average Bonchev–Trinajstić information content (AvgIpc) is 1.58. The summed E-state index contributed by atoms with van der Waals surface area (Å²) < 4.78 is 9.16. The normalized spacial score (nSPS) is 14.2. The standard InChI is InChI=1S/C30H33N2.3C26H25N2/c1-18(2)15-21-9-8-10-27-22(21)13-14-28(32(27)7)24-17-26-25(16-19(24)3)23-12-11-20(4)31-29(23)30(26,5)6;1-16-14-21-19-12-10-17(2)27-25(19)26(3,4)22(21)15-20(16)24-13-11-18-8-6-7-9-23(18)28(24)5;1-16-12-22-20-11-10-17(2)27-25(20)26(3,4)23(22)14-21(16)24-13-18-8-6-7-9-19(18)15-28(24)5;1-16-14-22-20-11-10-17(2)27-25(20)26(3,4)23(22)15-21(16)24-19-9-7-6-8-18(19)12-13-28(24)5/h8-14,16-18H,15H2,1-7H3;3*6-15H,1-5H3/q4*+1. The van der Waals surface area contributed by atoms with E-state index >= 15 is 0 Å². The maximum Gasteiger partial charge on any atom is 0.220 e. The van der Waals surface area contributed by atoms with Crippen LogP contribution in [0.2, 0.25) is 0 Å². The van der Waals surface area contributed by atoms with Gasteiger partial charge in [0.2, 0.25) is 33.8 Å². The number of aryl methyl sites for hydroxylation is 12. The molecule has 8 aromatic carbocycles. The third kappa shape index (κ3) is 12.7. The third-order valence-corrected chi connectivity index (χ3v) is 26.0. The molecule has 8 heterocycles. The van der Waals surface area contributed by atoms with Gasteiger partial charge in [0.15, 0.2) is 12.4 Å². The van der Waals surface area contributed by atoms with Crippen molar-refractivity contribution in [3.63, 3.8) is 0 Å². The molecule has 0 fully saturated rings. The van der Waals surface area contributed by atoms with E-state index in [1.165, 1.54) is 206 Å². The van der Waals surface area contributed by atoms with Crippen LogP contribution in [-0.2, 0) is 56.3 Å². The van der Waals surface area contributed by atoms with Crippen molar-refractivity contribution < 1.29 is 18.3 Å². The number of pyridine rings is 8. The molecule has 0 N–H and O–H groups in total. The van der Waals surface area contributed by atoms with Gasteiger partial charge in [0.05, 0.1) is 33.7 Å². The first-order valence-electron chi connectivity index (χ1n) is 41.4. The lowest BCUT2D eigenvalue weighted by Crippen LogP contribution is -2.32. The highest BCUT2D eigenvalue weighted by Crippen LogP contribution is 2.54. The molecule has 0 amide bonds. The third-order valence-electron chi connectivity index (χ3n) is 26.0. The molecule has 0 spiro atoms. The van der Waals surface area contributed by atoms with Crippen LogP contribution in [0.25, 0.3) is 133 Å². The molecule has 8 heteroatoms. The summed E-state index contributed by atoms with van der Waals surface area (Å²) in [6.45, 7) is 40.2. The molecule has 0 atom stereocenters. The molecule has 0 saturated heterocycles. The molecular weight excluding hydrogens is 1410 g/mol. The van der Waals surface area contributed by atoms with Crippen LogP contribution in [0.4, 0.5) is 0 Å². The highest BCUT2D eigenvalue weighted by atomic mass is 15.0. The van der Waals surface area contributed by atoms with Gasteiger partial charge in [-0.1, -0.05) is 178 Å². The predicted octanol–water partition coefficient (Wildman–Crippen LogP) is 23.8. The summed E-state index contributed by atoms with van der Waals surface area (Å²) >= 11 is 0. The van der Waals surface area contributed by atoms with Crippen LogP contribution in [0.5, 0.6) is 0 Å². The lowest BCUT2D eigenvalue weighted by molar-refractivity contribution is -0.659. The van der Waals surface area contributed by atoms with Crippen LogP contribution in [0.3, 0.4) is 0 Å². The first kappa shape index (κ1) is 76.6. The summed E-state index contributed by atoms with van der Waals surface area (Å²) in [6, 6.07) is 82.6. The molecular formula is C108H108N8+4. The first-order chi connectivity index (χ1) is 55.3. The second-order valence-corrected chi connectivity index (χ2v) is 36.1. The van der Waals surface area contributed by atoms with Crippen molar-refractivity contribution in [2.45, 2.75) is 153 Å². The Balaban J connectivity index is 0.000000111. The number of aromatic nitrogens is 8. The summed E-state index contributed by atoms with van der Waals surface area (Å²) in [6.07, 6.45) is 5.49. The Kier molecular flexibility index (Phi) is 18.8. The van der Waals surface area contributed by atoms with Gasteiger partial charge in [-0.3, -0.25) is 19.9 Å². The van der Waals surface area contributed by atoms with Crippen LogP contribution in [0.15, 0.2) is 237 Å². The van der Waals surface area contributed by atoms with E-state index in [1.54, 1.807) is 0 Å². The second-order valence-electron chi connectivity index (χ2n) is 36.1. The van der Waals surface area contributed by atoms with E-state index in [4.69, 9.17) is 19.9 Å². The number of hydrogen-bond donors (Lipinski definition) is 0. The highest BCUT2D eigenvalue weighted by molar-refractivity contribution is 5.96. The number of fused-ring (bicyclic) bond motifs is 16. The van der Waals surface area contributed by atoms with E-state index in [1.807, 2.05) is 0 Å². The smallest absolute Gasteiger partial charge is 0.220 e. The molecule has 4 aliphatic rings. The quantitative estimate of drug-likeness (QED) is 0.156. The molecule has 0 unspecified atom stereocenters. The molecule has 576 valence electrons. The van der Waals surface area contributed by atoms with Gasteiger partial charge in [0, 0.05) is 136 Å². The van der Waals surface area contributed by atoms with Crippen molar-refractivity contribution in [3.8, 4) is 89.5 Å². The molecule has 20 rings (SSSR count). The number of para-hydroxylation sites is 1. The number of rotatable bonds is 6. The fraction of sp³-hybridized carbons (Fsp3) is 0.259. The topological polar surface area (TPSA) is 67.1 Å².